The van der Waals surface area contributed by atoms with Crippen molar-refractivity contribution in [3.63, 3.8) is 0 Å². The first kappa shape index (κ1) is 14.5. The highest BCUT2D eigenvalue weighted by Crippen LogP contribution is 2.34. The molecule has 0 unspecified atom stereocenters. The lowest BCUT2D eigenvalue weighted by molar-refractivity contribution is 0.0175. The van der Waals surface area contributed by atoms with Gasteiger partial charge >= 0.3 is 5.97 Å². The molecule has 7 heteroatoms. The highest BCUT2D eigenvalue weighted by atomic mass is 35.5. The molecule has 1 N–H and O–H groups in total. The van der Waals surface area contributed by atoms with E-state index in [2.05, 4.69) is 5.10 Å². The van der Waals surface area contributed by atoms with E-state index in [1.54, 1.807) is 7.05 Å². The Morgan fingerprint density at radius 2 is 2.05 bits per heavy atom. The van der Waals surface area contributed by atoms with Gasteiger partial charge in [0.2, 0.25) is 0 Å². The highest BCUT2D eigenvalue weighted by Gasteiger charge is 2.25. The maximum absolute atomic E-state index is 13.2. The number of halogens is 3. The maximum Gasteiger partial charge on any atom is 0.356 e. The molecule has 0 aliphatic rings. The Morgan fingerprint density at radius 1 is 1.40 bits per heavy atom. The van der Waals surface area contributed by atoms with Crippen LogP contribution in [0.1, 0.15) is 23.0 Å². The van der Waals surface area contributed by atoms with Gasteiger partial charge in [-0.1, -0.05) is 23.7 Å². The summed E-state index contributed by atoms with van der Waals surface area (Å²) in [6.07, 6.45) is 0. The second-order valence-electron chi connectivity index (χ2n) is 4.43. The fourth-order valence-corrected chi connectivity index (χ4v) is 2.10. The topological polar surface area (TPSA) is 55.1 Å². The Labute approximate surface area is 118 Å². The fraction of sp³-hybridized carbons (Fsp3) is 0.231. The molecule has 106 valence electrons. The molecule has 2 aromatic rings. The number of nitrogens with zero attached hydrogens (tertiary/aromatic N) is 2. The molecule has 0 bridgehead atoms. The fourth-order valence-electron chi connectivity index (χ4n) is 1.82. The monoisotopic (exact) mass is 300 g/mol. The number of rotatable bonds is 3. The lowest BCUT2D eigenvalue weighted by atomic mass is 10.1. The van der Waals surface area contributed by atoms with Crippen molar-refractivity contribution in [2.75, 3.05) is 0 Å². The van der Waals surface area contributed by atoms with Crippen LogP contribution in [0.4, 0.5) is 8.78 Å². The molecular weight excluding hydrogens is 290 g/mol. The zero-order valence-corrected chi connectivity index (χ0v) is 11.4. The molecule has 0 atom stereocenters. The van der Waals surface area contributed by atoms with E-state index in [4.69, 9.17) is 16.7 Å². The van der Waals surface area contributed by atoms with Gasteiger partial charge in [0, 0.05) is 25.1 Å². The highest BCUT2D eigenvalue weighted by molar-refractivity contribution is 6.33. The van der Waals surface area contributed by atoms with Gasteiger partial charge in [0.05, 0.1) is 10.7 Å². The number of carboxylic acids is 1. The Kier molecular flexibility index (Phi) is 3.52. The lowest BCUT2D eigenvalue weighted by Crippen LogP contribution is -2.06. The molecule has 0 saturated carbocycles. The molecule has 4 nitrogen and oxygen atoms in total. The minimum Gasteiger partial charge on any atom is -0.476 e. The number of aromatic nitrogens is 2. The predicted octanol–water partition coefficient (Wildman–Crippen LogP) is 3.55. The first-order chi connectivity index (χ1) is 9.20. The molecule has 0 saturated heterocycles. The predicted molar refractivity (Wildman–Crippen MR) is 70.2 cm³/mol. The van der Waals surface area contributed by atoms with Crippen LogP contribution in [0.25, 0.3) is 11.3 Å². The van der Waals surface area contributed by atoms with Crippen molar-refractivity contribution in [1.82, 2.24) is 9.78 Å². The van der Waals surface area contributed by atoms with Crippen LogP contribution in [0.5, 0.6) is 0 Å². The van der Waals surface area contributed by atoms with Gasteiger partial charge in [-0.05, 0) is 12.1 Å². The van der Waals surface area contributed by atoms with Gasteiger partial charge < -0.3 is 5.11 Å². The first-order valence-corrected chi connectivity index (χ1v) is 6.03. The van der Waals surface area contributed by atoms with Gasteiger partial charge in [-0.2, -0.15) is 5.10 Å². The number of aromatic carboxylic acids is 1. The normalized spacial score (nSPS) is 11.7. The minimum atomic E-state index is -2.99. The van der Waals surface area contributed by atoms with Crippen LogP contribution in [-0.2, 0) is 13.0 Å². The summed E-state index contributed by atoms with van der Waals surface area (Å²) in [6, 6.07) is 5.20. The molecule has 0 radical (unpaired) electrons. The number of aryl methyl sites for hydroxylation is 1. The van der Waals surface area contributed by atoms with Crippen molar-refractivity contribution in [3.05, 3.63) is 40.5 Å². The Morgan fingerprint density at radius 3 is 2.50 bits per heavy atom. The molecule has 1 aromatic heterocycles. The van der Waals surface area contributed by atoms with E-state index in [-0.39, 0.29) is 16.3 Å². The molecule has 20 heavy (non-hydrogen) atoms. The third-order valence-corrected chi connectivity index (χ3v) is 3.16. The van der Waals surface area contributed by atoms with Gasteiger partial charge in [-0.25, -0.2) is 13.6 Å². The molecule has 1 heterocycles. The van der Waals surface area contributed by atoms with E-state index in [1.807, 2.05) is 0 Å². The van der Waals surface area contributed by atoms with E-state index in [9.17, 15) is 13.6 Å². The second-order valence-corrected chi connectivity index (χ2v) is 4.83. The summed E-state index contributed by atoms with van der Waals surface area (Å²) in [4.78, 5) is 10.9. The quantitative estimate of drug-likeness (QED) is 0.943. The smallest absolute Gasteiger partial charge is 0.356 e. The van der Waals surface area contributed by atoms with Crippen LogP contribution in [0.15, 0.2) is 24.3 Å². The van der Waals surface area contributed by atoms with Gasteiger partial charge in [0.25, 0.3) is 5.92 Å². The number of hydrogen-bond acceptors (Lipinski definition) is 2. The molecule has 1 aromatic carbocycles. The molecule has 0 aliphatic heterocycles. The summed E-state index contributed by atoms with van der Waals surface area (Å²) in [6.45, 7) is 0.783. The number of carboxylic acid groups (broad SMARTS) is 1. The van der Waals surface area contributed by atoms with Gasteiger partial charge in [-0.15, -0.1) is 0 Å². The van der Waals surface area contributed by atoms with Crippen LogP contribution < -0.4 is 0 Å². The van der Waals surface area contributed by atoms with Crippen molar-refractivity contribution >= 4 is 17.6 Å². The van der Waals surface area contributed by atoms with E-state index in [1.165, 1.54) is 28.9 Å². The van der Waals surface area contributed by atoms with Crippen molar-refractivity contribution < 1.29 is 18.7 Å². The zero-order chi connectivity index (χ0) is 15.1. The summed E-state index contributed by atoms with van der Waals surface area (Å²) in [5, 5.41) is 12.8. The van der Waals surface area contributed by atoms with Crippen molar-refractivity contribution in [2.24, 2.45) is 7.05 Å². The van der Waals surface area contributed by atoms with E-state index >= 15 is 0 Å². The van der Waals surface area contributed by atoms with Crippen molar-refractivity contribution in [2.45, 2.75) is 12.8 Å². The number of alkyl halides is 2. The first-order valence-electron chi connectivity index (χ1n) is 5.65. The molecule has 0 amide bonds. The lowest BCUT2D eigenvalue weighted by Gasteiger charge is -2.12. The zero-order valence-electron chi connectivity index (χ0n) is 10.7. The summed E-state index contributed by atoms with van der Waals surface area (Å²) < 4.78 is 27.7. The van der Waals surface area contributed by atoms with E-state index < -0.39 is 11.9 Å². The second kappa shape index (κ2) is 4.86. The van der Waals surface area contributed by atoms with Gasteiger partial charge in [0.1, 0.15) is 0 Å². The van der Waals surface area contributed by atoms with E-state index in [0.29, 0.717) is 11.3 Å². The van der Waals surface area contributed by atoms with Crippen LogP contribution in [0.2, 0.25) is 5.02 Å². The summed E-state index contributed by atoms with van der Waals surface area (Å²) in [7, 11) is 1.56. The van der Waals surface area contributed by atoms with Crippen LogP contribution in [-0.4, -0.2) is 20.9 Å². The number of benzene rings is 1. The van der Waals surface area contributed by atoms with Crippen LogP contribution >= 0.6 is 11.6 Å². The summed E-state index contributed by atoms with van der Waals surface area (Å²) >= 11 is 6.01. The third-order valence-electron chi connectivity index (χ3n) is 2.85. The van der Waals surface area contributed by atoms with Crippen molar-refractivity contribution in [1.29, 1.82) is 0 Å². The Hall–Kier alpha value is -1.95. The molecule has 0 spiro atoms. The average Bonchev–Trinajstić information content (AvgIpc) is 2.70. The SMILES string of the molecule is Cn1nc(C(=O)O)cc1-c1ccc(C(C)(F)F)cc1Cl. The van der Waals surface area contributed by atoms with Crippen LogP contribution in [0.3, 0.4) is 0 Å². The van der Waals surface area contributed by atoms with Crippen molar-refractivity contribution in [3.8, 4) is 11.3 Å². The van der Waals surface area contributed by atoms with Crippen LogP contribution in [0, 0.1) is 0 Å². The minimum absolute atomic E-state index is 0.115. The molecular formula is C13H11ClF2N2O2. The summed E-state index contributed by atoms with van der Waals surface area (Å²) in [5.41, 5.74) is 0.552. The van der Waals surface area contributed by atoms with Gasteiger partial charge in [-0.3, -0.25) is 4.68 Å². The van der Waals surface area contributed by atoms with Gasteiger partial charge in [0.15, 0.2) is 5.69 Å². The third kappa shape index (κ3) is 2.65. The number of hydrogen-bond donors (Lipinski definition) is 1. The largest absolute Gasteiger partial charge is 0.476 e. The Balaban J connectivity index is 2.51. The number of carbonyl (C=O) groups is 1. The Bertz CT molecular complexity index is 677. The summed E-state index contributed by atoms with van der Waals surface area (Å²) in [5.74, 6) is -4.15. The standard InChI is InChI=1S/C13H11ClF2N2O2/c1-13(15,16)7-3-4-8(9(14)5-7)11-6-10(12(19)20)17-18(11)2/h3-6H,1-2H3,(H,19,20). The molecule has 0 aliphatic carbocycles. The molecule has 2 rings (SSSR count). The van der Waals surface area contributed by atoms with E-state index in [0.717, 1.165) is 6.92 Å². The maximum atomic E-state index is 13.2. The molecule has 0 fully saturated rings. The average molecular weight is 301 g/mol.